The van der Waals surface area contributed by atoms with Gasteiger partial charge >= 0.3 is 0 Å². The molecule has 2 rings (SSSR count). The zero-order valence-corrected chi connectivity index (χ0v) is 12.0. The molecular formula is C15H21N3O2. The summed E-state index contributed by atoms with van der Waals surface area (Å²) in [5.41, 5.74) is 1.05. The van der Waals surface area contributed by atoms with Gasteiger partial charge in [0.25, 0.3) is 0 Å². The molecule has 2 aromatic rings. The molecule has 1 N–H and O–H groups in total. The van der Waals surface area contributed by atoms with Crippen molar-refractivity contribution in [1.82, 2.24) is 15.1 Å². The number of nitrogens with zero attached hydrogens (tertiary/aromatic N) is 2. The van der Waals surface area contributed by atoms with Crippen molar-refractivity contribution in [3.05, 3.63) is 42.2 Å². The molecule has 0 radical (unpaired) electrons. The van der Waals surface area contributed by atoms with Crippen molar-refractivity contribution in [2.75, 3.05) is 20.3 Å². The van der Waals surface area contributed by atoms with E-state index in [1.807, 2.05) is 41.2 Å². The molecule has 0 spiro atoms. The average Bonchev–Trinajstić information content (AvgIpc) is 2.94. The maximum Gasteiger partial charge on any atom is 0.119 e. The largest absolute Gasteiger partial charge is 0.497 e. The van der Waals surface area contributed by atoms with Gasteiger partial charge in [0, 0.05) is 12.7 Å². The lowest BCUT2D eigenvalue weighted by Gasteiger charge is -2.07. The van der Waals surface area contributed by atoms with Gasteiger partial charge < -0.3 is 14.8 Å². The molecular weight excluding hydrogens is 254 g/mol. The number of hydrogen-bond acceptors (Lipinski definition) is 4. The molecule has 0 aliphatic carbocycles. The standard InChI is InChI=1S/C15H21N3O2/c1-3-16-12-13-8-9-18(17-13)10-11-20-15-6-4-14(19-2)5-7-15/h4-9,16H,3,10-12H2,1-2H3. The van der Waals surface area contributed by atoms with E-state index in [4.69, 9.17) is 9.47 Å². The van der Waals surface area contributed by atoms with E-state index in [0.29, 0.717) is 6.61 Å². The first-order chi connectivity index (χ1) is 9.81. The molecule has 1 aromatic heterocycles. The second-order valence-electron chi connectivity index (χ2n) is 4.37. The Labute approximate surface area is 119 Å². The number of rotatable bonds is 8. The van der Waals surface area contributed by atoms with E-state index in [-0.39, 0.29) is 0 Å². The summed E-state index contributed by atoms with van der Waals surface area (Å²) in [6.45, 7) is 5.17. The summed E-state index contributed by atoms with van der Waals surface area (Å²) in [4.78, 5) is 0. The molecule has 0 atom stereocenters. The summed E-state index contributed by atoms with van der Waals surface area (Å²) < 4.78 is 12.7. The highest BCUT2D eigenvalue weighted by molar-refractivity contribution is 5.31. The van der Waals surface area contributed by atoms with Crippen LogP contribution in [0.1, 0.15) is 12.6 Å². The van der Waals surface area contributed by atoms with E-state index in [1.165, 1.54) is 0 Å². The molecule has 0 fully saturated rings. The number of aromatic nitrogens is 2. The molecule has 5 nitrogen and oxygen atoms in total. The molecule has 20 heavy (non-hydrogen) atoms. The van der Waals surface area contributed by atoms with Crippen LogP contribution in [0.5, 0.6) is 11.5 Å². The number of hydrogen-bond donors (Lipinski definition) is 1. The quantitative estimate of drug-likeness (QED) is 0.801. The lowest BCUT2D eigenvalue weighted by Crippen LogP contribution is -2.13. The molecule has 5 heteroatoms. The van der Waals surface area contributed by atoms with Crippen molar-refractivity contribution in [3.8, 4) is 11.5 Å². The Hall–Kier alpha value is -2.01. The summed E-state index contributed by atoms with van der Waals surface area (Å²) >= 11 is 0. The van der Waals surface area contributed by atoms with Crippen LogP contribution < -0.4 is 14.8 Å². The smallest absolute Gasteiger partial charge is 0.119 e. The van der Waals surface area contributed by atoms with Gasteiger partial charge in [-0.05, 0) is 36.9 Å². The van der Waals surface area contributed by atoms with Crippen LogP contribution in [-0.4, -0.2) is 30.0 Å². The van der Waals surface area contributed by atoms with E-state index >= 15 is 0 Å². The molecule has 1 heterocycles. The third-order valence-corrected chi connectivity index (χ3v) is 2.90. The van der Waals surface area contributed by atoms with Crippen LogP contribution in [0.3, 0.4) is 0 Å². The number of ether oxygens (including phenoxy) is 2. The van der Waals surface area contributed by atoms with Gasteiger partial charge in [-0.1, -0.05) is 6.92 Å². The molecule has 0 saturated carbocycles. The number of benzene rings is 1. The van der Waals surface area contributed by atoms with Crippen molar-refractivity contribution in [1.29, 1.82) is 0 Å². The lowest BCUT2D eigenvalue weighted by molar-refractivity contribution is 0.290. The van der Waals surface area contributed by atoms with Gasteiger partial charge in [-0.3, -0.25) is 4.68 Å². The summed E-state index contributed by atoms with van der Waals surface area (Å²) in [7, 11) is 1.65. The number of nitrogens with one attached hydrogen (secondary N) is 1. The molecule has 0 unspecified atom stereocenters. The van der Waals surface area contributed by atoms with Crippen molar-refractivity contribution in [3.63, 3.8) is 0 Å². The fraction of sp³-hybridized carbons (Fsp3) is 0.400. The van der Waals surface area contributed by atoms with Crippen LogP contribution >= 0.6 is 0 Å². The minimum Gasteiger partial charge on any atom is -0.497 e. The molecule has 0 amide bonds. The number of methoxy groups -OCH3 is 1. The highest BCUT2D eigenvalue weighted by Gasteiger charge is 1.99. The van der Waals surface area contributed by atoms with Gasteiger partial charge in [0.2, 0.25) is 0 Å². The summed E-state index contributed by atoms with van der Waals surface area (Å²) in [6.07, 6.45) is 1.98. The Morgan fingerprint density at radius 2 is 1.90 bits per heavy atom. The molecule has 0 saturated heterocycles. The first-order valence-electron chi connectivity index (χ1n) is 6.81. The Kier molecular flexibility index (Phi) is 5.43. The molecule has 0 aliphatic heterocycles. The Morgan fingerprint density at radius 1 is 1.15 bits per heavy atom. The Balaban J connectivity index is 1.75. The first kappa shape index (κ1) is 14.4. The predicted molar refractivity (Wildman–Crippen MR) is 78.1 cm³/mol. The topological polar surface area (TPSA) is 48.3 Å². The van der Waals surface area contributed by atoms with Crippen molar-refractivity contribution >= 4 is 0 Å². The van der Waals surface area contributed by atoms with Crippen molar-refractivity contribution in [2.24, 2.45) is 0 Å². The fourth-order valence-electron chi connectivity index (χ4n) is 1.80. The lowest BCUT2D eigenvalue weighted by atomic mass is 10.3. The third kappa shape index (κ3) is 4.28. The maximum absolute atomic E-state index is 5.67. The predicted octanol–water partition coefficient (Wildman–Crippen LogP) is 2.08. The normalized spacial score (nSPS) is 10.5. The molecule has 0 aliphatic rings. The molecule has 108 valence electrons. The van der Waals surface area contributed by atoms with Gasteiger partial charge in [0.1, 0.15) is 18.1 Å². The average molecular weight is 275 g/mol. The van der Waals surface area contributed by atoms with Gasteiger partial charge in [0.15, 0.2) is 0 Å². The van der Waals surface area contributed by atoms with Gasteiger partial charge in [0.05, 0.1) is 19.3 Å². The van der Waals surface area contributed by atoms with Crippen LogP contribution in [0.25, 0.3) is 0 Å². The molecule has 1 aromatic carbocycles. The highest BCUT2D eigenvalue weighted by atomic mass is 16.5. The monoisotopic (exact) mass is 275 g/mol. The van der Waals surface area contributed by atoms with Gasteiger partial charge in [-0.25, -0.2) is 0 Å². The van der Waals surface area contributed by atoms with E-state index in [2.05, 4.69) is 17.3 Å². The van der Waals surface area contributed by atoms with E-state index in [9.17, 15) is 0 Å². The zero-order valence-electron chi connectivity index (χ0n) is 12.0. The van der Waals surface area contributed by atoms with E-state index in [1.54, 1.807) is 7.11 Å². The van der Waals surface area contributed by atoms with Crippen LogP contribution in [0, 0.1) is 0 Å². The van der Waals surface area contributed by atoms with Crippen LogP contribution in [0.15, 0.2) is 36.5 Å². The van der Waals surface area contributed by atoms with Crippen LogP contribution in [0.4, 0.5) is 0 Å². The SMILES string of the molecule is CCNCc1ccn(CCOc2ccc(OC)cc2)n1. The van der Waals surface area contributed by atoms with Crippen LogP contribution in [0.2, 0.25) is 0 Å². The Morgan fingerprint density at radius 3 is 2.60 bits per heavy atom. The minimum atomic E-state index is 0.592. The highest BCUT2D eigenvalue weighted by Crippen LogP contribution is 2.16. The van der Waals surface area contributed by atoms with Gasteiger partial charge in [-0.2, -0.15) is 5.10 Å². The second-order valence-corrected chi connectivity index (χ2v) is 4.37. The molecule has 0 bridgehead atoms. The Bertz CT molecular complexity index is 508. The van der Waals surface area contributed by atoms with Crippen molar-refractivity contribution in [2.45, 2.75) is 20.0 Å². The summed E-state index contributed by atoms with van der Waals surface area (Å²) in [6, 6.07) is 9.60. The summed E-state index contributed by atoms with van der Waals surface area (Å²) in [5, 5.41) is 7.71. The van der Waals surface area contributed by atoms with E-state index in [0.717, 1.165) is 36.8 Å². The van der Waals surface area contributed by atoms with Gasteiger partial charge in [-0.15, -0.1) is 0 Å². The van der Waals surface area contributed by atoms with E-state index < -0.39 is 0 Å². The second kappa shape index (κ2) is 7.55. The third-order valence-electron chi connectivity index (χ3n) is 2.90. The maximum atomic E-state index is 5.67. The summed E-state index contributed by atoms with van der Waals surface area (Å²) in [5.74, 6) is 1.67. The fourth-order valence-corrected chi connectivity index (χ4v) is 1.80. The van der Waals surface area contributed by atoms with Crippen molar-refractivity contribution < 1.29 is 9.47 Å². The minimum absolute atomic E-state index is 0.592. The van der Waals surface area contributed by atoms with Crippen LogP contribution in [-0.2, 0) is 13.1 Å². The first-order valence-corrected chi connectivity index (χ1v) is 6.81. The zero-order chi connectivity index (χ0) is 14.2.